The van der Waals surface area contributed by atoms with Crippen LogP contribution in [0.1, 0.15) is 69.5 Å². The summed E-state index contributed by atoms with van der Waals surface area (Å²) in [7, 11) is 0. The minimum Gasteiger partial charge on any atom is -0.370 e. The van der Waals surface area contributed by atoms with Gasteiger partial charge in [0.25, 0.3) is 0 Å². The monoisotopic (exact) mass is 287 g/mol. The number of hydrogen-bond acceptors (Lipinski definition) is 3. The summed E-state index contributed by atoms with van der Waals surface area (Å²) in [5.41, 5.74) is 2.68. The summed E-state index contributed by atoms with van der Waals surface area (Å²) in [4.78, 5) is 9.00. The van der Waals surface area contributed by atoms with Gasteiger partial charge in [0.2, 0.25) is 0 Å². The molecule has 0 amide bonds. The lowest BCUT2D eigenvalue weighted by Gasteiger charge is -2.26. The maximum absolute atomic E-state index is 4.51. The molecular formula is C18H29N3. The van der Waals surface area contributed by atoms with Crippen molar-refractivity contribution in [3.8, 4) is 0 Å². The third-order valence-electron chi connectivity index (χ3n) is 5.36. The third kappa shape index (κ3) is 3.96. The van der Waals surface area contributed by atoms with E-state index in [1.165, 1.54) is 62.6 Å². The molecule has 3 nitrogen and oxygen atoms in total. The molecule has 0 aromatic carbocycles. The normalized spacial score (nSPS) is 26.0. The molecule has 1 heterocycles. The van der Waals surface area contributed by atoms with Gasteiger partial charge in [-0.25, -0.2) is 9.97 Å². The molecule has 1 saturated carbocycles. The number of rotatable bonds is 4. The van der Waals surface area contributed by atoms with Crippen LogP contribution in [-0.2, 0) is 12.8 Å². The highest BCUT2D eigenvalue weighted by Crippen LogP contribution is 2.30. The number of nitrogens with zero attached hydrogens (tertiary/aromatic N) is 2. The molecule has 1 fully saturated rings. The molecule has 0 atom stereocenters. The van der Waals surface area contributed by atoms with Crippen LogP contribution in [0, 0.1) is 11.8 Å². The number of aromatic nitrogens is 2. The summed E-state index contributed by atoms with van der Waals surface area (Å²) in [5, 5.41) is 3.61. The first kappa shape index (κ1) is 14.8. The second-order valence-corrected chi connectivity index (χ2v) is 7.05. The second kappa shape index (κ2) is 7.24. The van der Waals surface area contributed by atoms with E-state index in [-0.39, 0.29) is 0 Å². The Morgan fingerprint density at radius 3 is 2.71 bits per heavy atom. The Kier molecular flexibility index (Phi) is 5.10. The lowest BCUT2D eigenvalue weighted by molar-refractivity contribution is 0.282. The van der Waals surface area contributed by atoms with Crippen LogP contribution in [0.15, 0.2) is 6.33 Å². The third-order valence-corrected chi connectivity index (χ3v) is 5.36. The fraction of sp³-hybridized carbons (Fsp3) is 0.778. The van der Waals surface area contributed by atoms with Crippen LogP contribution >= 0.6 is 0 Å². The number of nitrogens with one attached hydrogen (secondary N) is 1. The Balaban J connectivity index is 1.53. The van der Waals surface area contributed by atoms with Gasteiger partial charge in [0.15, 0.2) is 0 Å². The van der Waals surface area contributed by atoms with Crippen LogP contribution < -0.4 is 5.32 Å². The molecule has 1 N–H and O–H groups in total. The Bertz CT molecular complexity index is 450. The molecule has 2 aliphatic carbocycles. The van der Waals surface area contributed by atoms with Gasteiger partial charge in [-0.15, -0.1) is 0 Å². The molecule has 2 aliphatic rings. The van der Waals surface area contributed by atoms with Crippen LogP contribution in [0.5, 0.6) is 0 Å². The van der Waals surface area contributed by atoms with Gasteiger partial charge < -0.3 is 5.32 Å². The molecule has 3 rings (SSSR count). The van der Waals surface area contributed by atoms with Crippen molar-refractivity contribution in [3.63, 3.8) is 0 Å². The van der Waals surface area contributed by atoms with E-state index in [4.69, 9.17) is 0 Å². The summed E-state index contributed by atoms with van der Waals surface area (Å²) in [6, 6.07) is 0. The van der Waals surface area contributed by atoms with E-state index < -0.39 is 0 Å². The van der Waals surface area contributed by atoms with E-state index in [2.05, 4.69) is 22.2 Å². The second-order valence-electron chi connectivity index (χ2n) is 7.05. The Morgan fingerprint density at radius 2 is 1.86 bits per heavy atom. The number of anilines is 1. The van der Waals surface area contributed by atoms with E-state index in [1.807, 2.05) is 0 Å². The van der Waals surface area contributed by atoms with Gasteiger partial charge >= 0.3 is 0 Å². The number of hydrogen-bond donors (Lipinski definition) is 1. The molecule has 116 valence electrons. The van der Waals surface area contributed by atoms with Crippen molar-refractivity contribution < 1.29 is 0 Å². The Labute approximate surface area is 129 Å². The van der Waals surface area contributed by atoms with Crippen LogP contribution in [0.4, 0.5) is 5.82 Å². The van der Waals surface area contributed by atoms with Gasteiger partial charge in [-0.2, -0.15) is 0 Å². The Hall–Kier alpha value is -1.12. The highest BCUT2D eigenvalue weighted by Gasteiger charge is 2.18. The van der Waals surface area contributed by atoms with Gasteiger partial charge in [-0.05, 0) is 43.9 Å². The Morgan fingerprint density at radius 1 is 1.05 bits per heavy atom. The molecule has 21 heavy (non-hydrogen) atoms. The molecule has 0 unspecified atom stereocenters. The zero-order chi connectivity index (χ0) is 14.5. The minimum atomic E-state index is 0.925. The first-order valence-electron chi connectivity index (χ1n) is 8.89. The van der Waals surface area contributed by atoms with E-state index in [1.54, 1.807) is 6.33 Å². The van der Waals surface area contributed by atoms with Gasteiger partial charge in [-0.3, -0.25) is 0 Å². The standard InChI is InChI=1S/C18H29N3/c1-14-7-9-15(10-8-14)11-12-19-18-16-5-3-2-4-6-17(16)20-13-21-18/h13-15H,2-12H2,1H3,(H,19,20,21). The fourth-order valence-corrected chi connectivity index (χ4v) is 3.86. The molecule has 0 aliphatic heterocycles. The van der Waals surface area contributed by atoms with Crippen molar-refractivity contribution >= 4 is 5.82 Å². The van der Waals surface area contributed by atoms with Gasteiger partial charge in [0.1, 0.15) is 12.1 Å². The van der Waals surface area contributed by atoms with Gasteiger partial charge in [0.05, 0.1) is 0 Å². The van der Waals surface area contributed by atoms with E-state index >= 15 is 0 Å². The minimum absolute atomic E-state index is 0.925. The molecule has 0 bridgehead atoms. The maximum Gasteiger partial charge on any atom is 0.132 e. The topological polar surface area (TPSA) is 37.8 Å². The van der Waals surface area contributed by atoms with Crippen molar-refractivity contribution in [2.75, 3.05) is 11.9 Å². The maximum atomic E-state index is 4.51. The molecule has 1 aromatic rings. The number of fused-ring (bicyclic) bond motifs is 1. The zero-order valence-electron chi connectivity index (χ0n) is 13.4. The lowest BCUT2D eigenvalue weighted by Crippen LogP contribution is -2.17. The average Bonchev–Trinajstić information content (AvgIpc) is 2.75. The zero-order valence-corrected chi connectivity index (χ0v) is 13.4. The van der Waals surface area contributed by atoms with Crippen LogP contribution in [0.25, 0.3) is 0 Å². The quantitative estimate of drug-likeness (QED) is 0.835. The predicted octanol–water partition coefficient (Wildman–Crippen LogP) is 4.37. The summed E-state index contributed by atoms with van der Waals surface area (Å²) >= 11 is 0. The predicted molar refractivity (Wildman–Crippen MR) is 87.5 cm³/mol. The summed E-state index contributed by atoms with van der Waals surface area (Å²) in [6.07, 6.45) is 14.9. The molecule has 3 heteroatoms. The van der Waals surface area contributed by atoms with E-state index in [0.717, 1.165) is 37.0 Å². The first-order chi connectivity index (χ1) is 10.3. The lowest BCUT2D eigenvalue weighted by atomic mass is 9.81. The smallest absolute Gasteiger partial charge is 0.132 e. The molecule has 0 radical (unpaired) electrons. The van der Waals surface area contributed by atoms with Gasteiger partial charge in [-0.1, -0.05) is 39.0 Å². The van der Waals surface area contributed by atoms with E-state index in [9.17, 15) is 0 Å². The fourth-order valence-electron chi connectivity index (χ4n) is 3.86. The van der Waals surface area contributed by atoms with Crippen LogP contribution in [0.3, 0.4) is 0 Å². The summed E-state index contributed by atoms with van der Waals surface area (Å²) in [6.45, 7) is 3.47. The van der Waals surface area contributed by atoms with Gasteiger partial charge in [0, 0.05) is 17.8 Å². The molecule has 1 aromatic heterocycles. The SMILES string of the molecule is CC1CCC(CCNc2ncnc3c2CCCCC3)CC1. The van der Waals surface area contributed by atoms with Crippen molar-refractivity contribution in [3.05, 3.63) is 17.6 Å². The summed E-state index contributed by atoms with van der Waals surface area (Å²) in [5.74, 6) is 2.99. The van der Waals surface area contributed by atoms with E-state index in [0.29, 0.717) is 0 Å². The average molecular weight is 287 g/mol. The largest absolute Gasteiger partial charge is 0.370 e. The molecule has 0 saturated heterocycles. The van der Waals surface area contributed by atoms with Crippen LogP contribution in [0.2, 0.25) is 0 Å². The van der Waals surface area contributed by atoms with Crippen molar-refractivity contribution in [1.82, 2.24) is 9.97 Å². The molecule has 0 spiro atoms. The first-order valence-corrected chi connectivity index (χ1v) is 8.89. The highest BCUT2D eigenvalue weighted by molar-refractivity contribution is 5.46. The summed E-state index contributed by atoms with van der Waals surface area (Å²) < 4.78 is 0. The van der Waals surface area contributed by atoms with Crippen molar-refractivity contribution in [2.45, 2.75) is 71.1 Å². The van der Waals surface area contributed by atoms with Crippen molar-refractivity contribution in [2.24, 2.45) is 11.8 Å². The van der Waals surface area contributed by atoms with Crippen molar-refractivity contribution in [1.29, 1.82) is 0 Å². The highest BCUT2D eigenvalue weighted by atomic mass is 15.0. The molecular weight excluding hydrogens is 258 g/mol. The number of aryl methyl sites for hydroxylation is 1. The van der Waals surface area contributed by atoms with Crippen LogP contribution in [-0.4, -0.2) is 16.5 Å².